The van der Waals surface area contributed by atoms with Gasteiger partial charge in [0.15, 0.2) is 0 Å². The molecule has 0 saturated heterocycles. The molecule has 17 heavy (non-hydrogen) atoms. The predicted molar refractivity (Wildman–Crippen MR) is 72.5 cm³/mol. The van der Waals surface area contributed by atoms with Crippen molar-refractivity contribution in [3.63, 3.8) is 0 Å². The van der Waals surface area contributed by atoms with E-state index in [1.807, 2.05) is 0 Å². The number of aryl methyl sites for hydroxylation is 1. The fourth-order valence-corrected chi connectivity index (χ4v) is 3.18. The maximum Gasteiger partial charge on any atom is 0.141 e. The molecule has 3 rings (SSSR count). The van der Waals surface area contributed by atoms with Crippen LogP contribution in [0.1, 0.15) is 18.2 Å². The Labute approximate surface area is 106 Å². The zero-order chi connectivity index (χ0) is 11.8. The van der Waals surface area contributed by atoms with Gasteiger partial charge in [-0.2, -0.15) is 0 Å². The number of hydrogen-bond acceptors (Lipinski definition) is 3. The first-order valence-electron chi connectivity index (χ1n) is 6.12. The first-order valence-corrected chi connectivity index (χ1v) is 7.10. The minimum Gasteiger partial charge on any atom is -0.332 e. The average Bonchev–Trinajstić information content (AvgIpc) is 2.65. The maximum atomic E-state index is 4.77. The second kappa shape index (κ2) is 4.35. The first-order chi connectivity index (χ1) is 8.31. The van der Waals surface area contributed by atoms with E-state index < -0.39 is 0 Å². The summed E-state index contributed by atoms with van der Waals surface area (Å²) in [5.41, 5.74) is 4.02. The number of nitrogens with one attached hydrogen (secondary N) is 1. The summed E-state index contributed by atoms with van der Waals surface area (Å²) < 4.78 is 2.27. The van der Waals surface area contributed by atoms with E-state index in [0.29, 0.717) is 0 Å². The van der Waals surface area contributed by atoms with E-state index >= 15 is 0 Å². The van der Waals surface area contributed by atoms with Crippen molar-refractivity contribution in [3.8, 4) is 0 Å². The maximum absolute atomic E-state index is 4.77. The molecular formula is C13H17N3S. The van der Waals surface area contributed by atoms with Crippen LogP contribution in [0.2, 0.25) is 0 Å². The molecule has 3 heterocycles. The van der Waals surface area contributed by atoms with Crippen LogP contribution in [-0.4, -0.2) is 21.8 Å². The molecule has 0 atom stereocenters. The Bertz CT molecular complexity index is 559. The summed E-state index contributed by atoms with van der Waals surface area (Å²) in [7, 11) is 2.14. The highest BCUT2D eigenvalue weighted by molar-refractivity contribution is 7.99. The molecule has 0 spiro atoms. The zero-order valence-corrected chi connectivity index (χ0v) is 11.1. The van der Waals surface area contributed by atoms with Gasteiger partial charge in [0.2, 0.25) is 0 Å². The topological polar surface area (TPSA) is 29.9 Å². The third-order valence-electron chi connectivity index (χ3n) is 3.38. The summed E-state index contributed by atoms with van der Waals surface area (Å²) in [5, 5.41) is 5.89. The van der Waals surface area contributed by atoms with E-state index in [-0.39, 0.29) is 0 Å². The van der Waals surface area contributed by atoms with Crippen molar-refractivity contribution in [2.75, 3.05) is 12.3 Å². The third kappa shape index (κ3) is 1.76. The smallest absolute Gasteiger partial charge is 0.141 e. The van der Waals surface area contributed by atoms with Crippen LogP contribution < -0.4 is 5.32 Å². The van der Waals surface area contributed by atoms with Gasteiger partial charge in [-0.25, -0.2) is 4.98 Å². The van der Waals surface area contributed by atoms with Crippen molar-refractivity contribution in [1.82, 2.24) is 14.9 Å². The second-order valence-electron chi connectivity index (χ2n) is 4.36. The molecule has 0 bridgehead atoms. The van der Waals surface area contributed by atoms with E-state index in [4.69, 9.17) is 4.98 Å². The van der Waals surface area contributed by atoms with E-state index in [9.17, 15) is 0 Å². The quantitative estimate of drug-likeness (QED) is 0.826. The lowest BCUT2D eigenvalue weighted by Crippen LogP contribution is -2.24. The number of aromatic nitrogens is 2. The summed E-state index contributed by atoms with van der Waals surface area (Å²) >= 11 is 1.80. The van der Waals surface area contributed by atoms with Crippen LogP contribution >= 0.6 is 11.8 Å². The molecule has 0 saturated carbocycles. The van der Waals surface area contributed by atoms with Crippen LogP contribution in [0.5, 0.6) is 0 Å². The molecule has 0 fully saturated rings. The van der Waals surface area contributed by atoms with E-state index in [1.165, 1.54) is 16.6 Å². The summed E-state index contributed by atoms with van der Waals surface area (Å²) in [6, 6.07) is 4.37. The SMILES string of the molecule is CCSc1ccc2c3c(n(C)c2n1)CCNC3. The lowest BCUT2D eigenvalue weighted by molar-refractivity contribution is 0.621. The average molecular weight is 247 g/mol. The Morgan fingerprint density at radius 3 is 3.18 bits per heavy atom. The Morgan fingerprint density at radius 1 is 1.47 bits per heavy atom. The molecule has 0 radical (unpaired) electrons. The third-order valence-corrected chi connectivity index (χ3v) is 4.19. The molecule has 3 nitrogen and oxygen atoms in total. The fourth-order valence-electron chi connectivity index (χ4n) is 2.57. The Balaban J connectivity index is 2.20. The van der Waals surface area contributed by atoms with Crippen molar-refractivity contribution < 1.29 is 0 Å². The summed E-state index contributed by atoms with van der Waals surface area (Å²) in [5.74, 6) is 1.07. The predicted octanol–water partition coefficient (Wildman–Crippen LogP) is 2.33. The van der Waals surface area contributed by atoms with Gasteiger partial charge in [-0.3, -0.25) is 0 Å². The minimum absolute atomic E-state index is 0.981. The van der Waals surface area contributed by atoms with Gasteiger partial charge in [0.25, 0.3) is 0 Å². The van der Waals surface area contributed by atoms with Gasteiger partial charge in [0.1, 0.15) is 5.65 Å². The Hall–Kier alpha value is -1.00. The van der Waals surface area contributed by atoms with E-state index in [1.54, 1.807) is 11.8 Å². The van der Waals surface area contributed by atoms with Crippen molar-refractivity contribution in [2.24, 2.45) is 7.05 Å². The fraction of sp³-hybridized carbons (Fsp3) is 0.462. The standard InChI is InChI=1S/C13H17N3S/c1-3-17-12-5-4-9-10-8-14-7-6-11(10)16(2)13(9)15-12/h4-5,14H,3,6-8H2,1-2H3. The summed E-state index contributed by atoms with van der Waals surface area (Å²) in [4.78, 5) is 4.77. The van der Waals surface area contributed by atoms with Gasteiger partial charge in [0, 0.05) is 37.6 Å². The zero-order valence-electron chi connectivity index (χ0n) is 10.3. The Kier molecular flexibility index (Phi) is 2.84. The number of hydrogen-bond donors (Lipinski definition) is 1. The number of fused-ring (bicyclic) bond motifs is 3. The van der Waals surface area contributed by atoms with Crippen LogP contribution in [0.15, 0.2) is 17.2 Å². The first kappa shape index (κ1) is 11.1. The number of pyridine rings is 1. The van der Waals surface area contributed by atoms with Crippen molar-refractivity contribution in [1.29, 1.82) is 0 Å². The van der Waals surface area contributed by atoms with E-state index in [2.05, 4.69) is 36.0 Å². The number of nitrogens with zero attached hydrogens (tertiary/aromatic N) is 2. The van der Waals surface area contributed by atoms with E-state index in [0.717, 1.165) is 35.9 Å². The molecule has 0 amide bonds. The second-order valence-corrected chi connectivity index (χ2v) is 5.65. The van der Waals surface area contributed by atoms with Crippen molar-refractivity contribution in [3.05, 3.63) is 23.4 Å². The molecule has 0 aromatic carbocycles. The molecule has 1 N–H and O–H groups in total. The molecule has 90 valence electrons. The Morgan fingerprint density at radius 2 is 2.35 bits per heavy atom. The molecule has 0 unspecified atom stereocenters. The number of rotatable bonds is 2. The minimum atomic E-state index is 0.981. The molecule has 2 aromatic rings. The molecular weight excluding hydrogens is 230 g/mol. The highest BCUT2D eigenvalue weighted by atomic mass is 32.2. The highest BCUT2D eigenvalue weighted by Gasteiger charge is 2.18. The van der Waals surface area contributed by atoms with Crippen LogP contribution in [0.4, 0.5) is 0 Å². The van der Waals surface area contributed by atoms with Crippen LogP contribution in [0, 0.1) is 0 Å². The highest BCUT2D eigenvalue weighted by Crippen LogP contribution is 2.28. The van der Waals surface area contributed by atoms with Crippen LogP contribution in [0.3, 0.4) is 0 Å². The monoisotopic (exact) mass is 247 g/mol. The largest absolute Gasteiger partial charge is 0.332 e. The van der Waals surface area contributed by atoms with Gasteiger partial charge in [-0.05, 0) is 23.4 Å². The normalized spacial score (nSPS) is 15.2. The van der Waals surface area contributed by atoms with Gasteiger partial charge in [-0.1, -0.05) is 6.92 Å². The lowest BCUT2D eigenvalue weighted by Gasteiger charge is -2.14. The molecule has 2 aromatic heterocycles. The molecule has 1 aliphatic heterocycles. The van der Waals surface area contributed by atoms with Gasteiger partial charge >= 0.3 is 0 Å². The van der Waals surface area contributed by atoms with Gasteiger partial charge in [-0.15, -0.1) is 11.8 Å². The number of thioether (sulfide) groups is 1. The molecule has 0 aliphatic carbocycles. The van der Waals surface area contributed by atoms with Crippen LogP contribution in [-0.2, 0) is 20.0 Å². The van der Waals surface area contributed by atoms with Crippen molar-refractivity contribution >= 4 is 22.8 Å². The summed E-state index contributed by atoms with van der Waals surface area (Å²) in [6.07, 6.45) is 1.11. The molecule has 1 aliphatic rings. The molecule has 4 heteroatoms. The summed E-state index contributed by atoms with van der Waals surface area (Å²) in [6.45, 7) is 4.22. The lowest BCUT2D eigenvalue weighted by atomic mass is 10.1. The van der Waals surface area contributed by atoms with Gasteiger partial charge < -0.3 is 9.88 Å². The van der Waals surface area contributed by atoms with Crippen molar-refractivity contribution in [2.45, 2.75) is 24.9 Å². The van der Waals surface area contributed by atoms with Crippen LogP contribution in [0.25, 0.3) is 11.0 Å². The van der Waals surface area contributed by atoms with Gasteiger partial charge in [0.05, 0.1) is 5.03 Å².